The Morgan fingerprint density at radius 3 is 2.50 bits per heavy atom. The molecule has 0 aliphatic heterocycles. The van der Waals surface area contributed by atoms with Crippen molar-refractivity contribution in [2.45, 2.75) is 12.7 Å². The van der Waals surface area contributed by atoms with Crippen molar-refractivity contribution in [1.29, 1.82) is 0 Å². The van der Waals surface area contributed by atoms with Gasteiger partial charge in [0.1, 0.15) is 5.82 Å². The Bertz CT molecular complexity index is 922. The number of sulfonamides is 1. The molecule has 9 heteroatoms. The van der Waals surface area contributed by atoms with E-state index in [1.807, 2.05) is 31.2 Å². The first-order valence-corrected chi connectivity index (χ1v) is 9.77. The van der Waals surface area contributed by atoms with Crippen LogP contribution >= 0.6 is 0 Å². The Morgan fingerprint density at radius 1 is 1.04 bits per heavy atom. The van der Waals surface area contributed by atoms with E-state index in [1.165, 1.54) is 0 Å². The lowest BCUT2D eigenvalue weighted by molar-refractivity contribution is 0.582. The van der Waals surface area contributed by atoms with Gasteiger partial charge in [-0.15, -0.1) is 10.2 Å². The molecule has 0 aliphatic rings. The zero-order valence-electron chi connectivity index (χ0n) is 14.3. The molecular weight excluding hydrogens is 352 g/mol. The van der Waals surface area contributed by atoms with Crippen LogP contribution in [0.15, 0.2) is 54.9 Å². The number of benzene rings is 1. The Hall–Kier alpha value is -2.78. The number of aryl methyl sites for hydroxylation is 1. The SMILES string of the molecule is Cc1ccc(CS(=O)(=O)NCCNc2ccc(-n3cccn3)nn2)cc1. The van der Waals surface area contributed by atoms with Gasteiger partial charge in [0.2, 0.25) is 10.0 Å². The van der Waals surface area contributed by atoms with E-state index in [-0.39, 0.29) is 12.3 Å². The molecule has 0 spiro atoms. The highest BCUT2D eigenvalue weighted by molar-refractivity contribution is 7.88. The molecule has 136 valence electrons. The van der Waals surface area contributed by atoms with Crippen LogP contribution in [0.1, 0.15) is 11.1 Å². The summed E-state index contributed by atoms with van der Waals surface area (Å²) in [6.07, 6.45) is 3.44. The van der Waals surface area contributed by atoms with Gasteiger partial charge < -0.3 is 5.32 Å². The maximum Gasteiger partial charge on any atom is 0.215 e. The van der Waals surface area contributed by atoms with Crippen LogP contribution in [0, 0.1) is 6.92 Å². The summed E-state index contributed by atoms with van der Waals surface area (Å²) in [5.74, 6) is 1.14. The van der Waals surface area contributed by atoms with Crippen molar-refractivity contribution in [2.75, 3.05) is 18.4 Å². The minimum Gasteiger partial charge on any atom is -0.367 e. The number of nitrogens with zero attached hydrogens (tertiary/aromatic N) is 4. The molecule has 0 bridgehead atoms. The molecule has 0 radical (unpaired) electrons. The number of nitrogens with one attached hydrogen (secondary N) is 2. The first-order valence-electron chi connectivity index (χ1n) is 8.12. The molecule has 0 aliphatic carbocycles. The predicted molar refractivity (Wildman–Crippen MR) is 99.4 cm³/mol. The summed E-state index contributed by atoms with van der Waals surface area (Å²) in [6, 6.07) is 12.8. The van der Waals surface area contributed by atoms with E-state index in [4.69, 9.17) is 0 Å². The van der Waals surface area contributed by atoms with E-state index in [9.17, 15) is 8.42 Å². The van der Waals surface area contributed by atoms with Crippen molar-refractivity contribution in [3.05, 3.63) is 66.0 Å². The minimum atomic E-state index is -3.38. The molecule has 8 nitrogen and oxygen atoms in total. The standard InChI is InChI=1S/C17H20N6O2S/c1-14-3-5-15(6-4-14)13-26(24,25)20-11-10-18-16-7-8-17(22-21-16)23-12-2-9-19-23/h2-9,12,20H,10-11,13H2,1H3,(H,18,21). The van der Waals surface area contributed by atoms with Crippen molar-refractivity contribution >= 4 is 15.8 Å². The average molecular weight is 372 g/mol. The lowest BCUT2D eigenvalue weighted by Gasteiger charge is -2.09. The van der Waals surface area contributed by atoms with Gasteiger partial charge >= 0.3 is 0 Å². The number of hydrogen-bond donors (Lipinski definition) is 2. The smallest absolute Gasteiger partial charge is 0.215 e. The van der Waals surface area contributed by atoms with Crippen molar-refractivity contribution in [3.63, 3.8) is 0 Å². The third kappa shape index (κ3) is 5.11. The number of rotatable bonds is 8. The summed E-state index contributed by atoms with van der Waals surface area (Å²) in [5.41, 5.74) is 1.86. The Labute approximate surface area is 152 Å². The molecule has 0 amide bonds. The summed E-state index contributed by atoms with van der Waals surface area (Å²) < 4.78 is 28.4. The minimum absolute atomic E-state index is 0.0361. The zero-order chi connectivity index (χ0) is 18.4. The van der Waals surface area contributed by atoms with E-state index in [0.717, 1.165) is 11.1 Å². The Kier molecular flexibility index (Phi) is 5.59. The van der Waals surface area contributed by atoms with Gasteiger partial charge in [-0.05, 0) is 30.7 Å². The van der Waals surface area contributed by atoms with Crippen LogP contribution < -0.4 is 10.0 Å². The third-order valence-electron chi connectivity index (χ3n) is 3.62. The van der Waals surface area contributed by atoms with Crippen molar-refractivity contribution in [3.8, 4) is 5.82 Å². The fraction of sp³-hybridized carbons (Fsp3) is 0.235. The van der Waals surface area contributed by atoms with Gasteiger partial charge in [-0.1, -0.05) is 29.8 Å². The van der Waals surface area contributed by atoms with Gasteiger partial charge in [-0.25, -0.2) is 17.8 Å². The highest BCUT2D eigenvalue weighted by Crippen LogP contribution is 2.07. The van der Waals surface area contributed by atoms with Crippen LogP contribution in [-0.4, -0.2) is 41.5 Å². The fourth-order valence-electron chi connectivity index (χ4n) is 2.30. The lowest BCUT2D eigenvalue weighted by atomic mass is 10.2. The van der Waals surface area contributed by atoms with Crippen molar-refractivity contribution in [1.82, 2.24) is 24.7 Å². The molecule has 2 aromatic heterocycles. The van der Waals surface area contributed by atoms with Crippen LogP contribution in [0.4, 0.5) is 5.82 Å². The summed E-state index contributed by atoms with van der Waals surface area (Å²) in [5, 5.41) is 15.2. The summed E-state index contributed by atoms with van der Waals surface area (Å²) in [6.45, 7) is 2.63. The maximum atomic E-state index is 12.1. The summed E-state index contributed by atoms with van der Waals surface area (Å²) in [4.78, 5) is 0. The van der Waals surface area contributed by atoms with E-state index in [1.54, 1.807) is 35.3 Å². The van der Waals surface area contributed by atoms with E-state index in [2.05, 4.69) is 25.3 Å². The first-order chi connectivity index (χ1) is 12.5. The molecule has 0 saturated carbocycles. The van der Waals surface area contributed by atoms with Crippen LogP contribution in [0.25, 0.3) is 5.82 Å². The van der Waals surface area contributed by atoms with Crippen LogP contribution in [-0.2, 0) is 15.8 Å². The molecular formula is C17H20N6O2S. The van der Waals surface area contributed by atoms with Gasteiger partial charge in [0.15, 0.2) is 5.82 Å². The van der Waals surface area contributed by atoms with Crippen LogP contribution in [0.3, 0.4) is 0 Å². The number of anilines is 1. The van der Waals surface area contributed by atoms with E-state index >= 15 is 0 Å². The molecule has 3 rings (SSSR count). The third-order valence-corrected chi connectivity index (χ3v) is 4.98. The molecule has 1 aromatic carbocycles. The average Bonchev–Trinajstić information content (AvgIpc) is 3.16. The number of hydrogen-bond acceptors (Lipinski definition) is 6. The molecule has 0 unspecified atom stereocenters. The molecule has 0 fully saturated rings. The second-order valence-corrected chi connectivity index (χ2v) is 7.60. The van der Waals surface area contributed by atoms with Gasteiger partial charge in [0, 0.05) is 25.5 Å². The molecule has 3 aromatic rings. The van der Waals surface area contributed by atoms with E-state index < -0.39 is 10.0 Å². The highest BCUT2D eigenvalue weighted by Gasteiger charge is 2.10. The van der Waals surface area contributed by atoms with E-state index in [0.29, 0.717) is 18.2 Å². The largest absolute Gasteiger partial charge is 0.367 e. The quantitative estimate of drug-likeness (QED) is 0.581. The molecule has 26 heavy (non-hydrogen) atoms. The van der Waals surface area contributed by atoms with Gasteiger partial charge in [0.25, 0.3) is 0 Å². The first kappa shape index (κ1) is 18.0. The summed E-state index contributed by atoms with van der Waals surface area (Å²) in [7, 11) is -3.38. The predicted octanol–water partition coefficient (Wildman–Crippen LogP) is 1.50. The highest BCUT2D eigenvalue weighted by atomic mass is 32.2. The lowest BCUT2D eigenvalue weighted by Crippen LogP contribution is -2.30. The molecule has 0 atom stereocenters. The summed E-state index contributed by atoms with van der Waals surface area (Å²) >= 11 is 0. The zero-order valence-corrected chi connectivity index (χ0v) is 15.1. The monoisotopic (exact) mass is 372 g/mol. The second-order valence-electron chi connectivity index (χ2n) is 5.79. The van der Waals surface area contributed by atoms with Crippen LogP contribution in [0.5, 0.6) is 0 Å². The molecule has 2 heterocycles. The normalized spacial score (nSPS) is 11.4. The number of aromatic nitrogens is 4. The van der Waals surface area contributed by atoms with Gasteiger partial charge in [0.05, 0.1) is 5.75 Å². The second kappa shape index (κ2) is 8.07. The van der Waals surface area contributed by atoms with Gasteiger partial charge in [-0.3, -0.25) is 0 Å². The maximum absolute atomic E-state index is 12.1. The topological polar surface area (TPSA) is 102 Å². The Morgan fingerprint density at radius 2 is 1.85 bits per heavy atom. The van der Waals surface area contributed by atoms with Gasteiger partial charge in [-0.2, -0.15) is 5.10 Å². The van der Waals surface area contributed by atoms with Crippen molar-refractivity contribution in [2.24, 2.45) is 0 Å². The Balaban J connectivity index is 1.45. The molecule has 0 saturated heterocycles. The van der Waals surface area contributed by atoms with Crippen molar-refractivity contribution < 1.29 is 8.42 Å². The fourth-order valence-corrected chi connectivity index (χ4v) is 3.44. The van der Waals surface area contributed by atoms with Crippen LogP contribution in [0.2, 0.25) is 0 Å². The molecule has 2 N–H and O–H groups in total.